The SMILES string of the molecule is CC1CC(C)N(Cc2cc(N)cc(Br)c2)C1. The Morgan fingerprint density at radius 3 is 2.69 bits per heavy atom. The van der Waals surface area contributed by atoms with Crippen LogP contribution in [0.3, 0.4) is 0 Å². The van der Waals surface area contributed by atoms with Crippen LogP contribution in [0, 0.1) is 5.92 Å². The van der Waals surface area contributed by atoms with Crippen LogP contribution in [0.5, 0.6) is 0 Å². The van der Waals surface area contributed by atoms with Gasteiger partial charge in [0.05, 0.1) is 0 Å². The molecule has 1 aromatic rings. The van der Waals surface area contributed by atoms with Crippen LogP contribution in [0.1, 0.15) is 25.8 Å². The third-order valence-electron chi connectivity index (χ3n) is 3.28. The zero-order chi connectivity index (χ0) is 11.7. The maximum absolute atomic E-state index is 5.85. The predicted octanol–water partition coefficient (Wildman–Crippen LogP) is 3.26. The first-order valence-electron chi connectivity index (χ1n) is 5.83. The van der Waals surface area contributed by atoms with Gasteiger partial charge in [0.2, 0.25) is 0 Å². The number of nitrogens with zero attached hydrogens (tertiary/aromatic N) is 1. The predicted molar refractivity (Wildman–Crippen MR) is 72.2 cm³/mol. The van der Waals surface area contributed by atoms with Gasteiger partial charge in [-0.1, -0.05) is 22.9 Å². The fraction of sp³-hybridized carbons (Fsp3) is 0.538. The number of anilines is 1. The van der Waals surface area contributed by atoms with Crippen molar-refractivity contribution in [2.24, 2.45) is 5.92 Å². The van der Waals surface area contributed by atoms with E-state index in [1.165, 1.54) is 18.5 Å². The summed E-state index contributed by atoms with van der Waals surface area (Å²) >= 11 is 3.49. The summed E-state index contributed by atoms with van der Waals surface area (Å²) in [5, 5.41) is 0. The molecule has 1 aliphatic heterocycles. The highest BCUT2D eigenvalue weighted by Gasteiger charge is 2.25. The van der Waals surface area contributed by atoms with Crippen LogP contribution >= 0.6 is 15.9 Å². The summed E-state index contributed by atoms with van der Waals surface area (Å²) in [4.78, 5) is 2.53. The fourth-order valence-electron chi connectivity index (χ4n) is 2.61. The Morgan fingerprint density at radius 2 is 2.12 bits per heavy atom. The van der Waals surface area contributed by atoms with E-state index in [0.29, 0.717) is 6.04 Å². The number of nitrogens with two attached hydrogens (primary N) is 1. The van der Waals surface area contributed by atoms with Gasteiger partial charge in [-0.3, -0.25) is 4.90 Å². The lowest BCUT2D eigenvalue weighted by Crippen LogP contribution is -2.26. The van der Waals surface area contributed by atoms with Crippen molar-refractivity contribution in [2.45, 2.75) is 32.9 Å². The summed E-state index contributed by atoms with van der Waals surface area (Å²) in [6.07, 6.45) is 1.31. The molecule has 0 saturated carbocycles. The number of hydrogen-bond donors (Lipinski definition) is 1. The quantitative estimate of drug-likeness (QED) is 0.844. The Hall–Kier alpha value is -0.540. The van der Waals surface area contributed by atoms with Crippen molar-refractivity contribution < 1.29 is 0 Å². The molecule has 88 valence electrons. The lowest BCUT2D eigenvalue weighted by molar-refractivity contribution is 0.256. The minimum Gasteiger partial charge on any atom is -0.399 e. The first-order chi connectivity index (χ1) is 7.54. The Morgan fingerprint density at radius 1 is 1.38 bits per heavy atom. The monoisotopic (exact) mass is 282 g/mol. The average molecular weight is 283 g/mol. The molecule has 2 rings (SSSR count). The van der Waals surface area contributed by atoms with E-state index >= 15 is 0 Å². The van der Waals surface area contributed by atoms with Crippen LogP contribution in [0.15, 0.2) is 22.7 Å². The van der Waals surface area contributed by atoms with Crippen molar-refractivity contribution in [3.8, 4) is 0 Å². The fourth-order valence-corrected chi connectivity index (χ4v) is 3.17. The van der Waals surface area contributed by atoms with E-state index < -0.39 is 0 Å². The third-order valence-corrected chi connectivity index (χ3v) is 3.74. The van der Waals surface area contributed by atoms with Crippen LogP contribution in [-0.4, -0.2) is 17.5 Å². The molecule has 1 aromatic carbocycles. The maximum atomic E-state index is 5.85. The molecule has 1 aliphatic rings. The number of hydrogen-bond acceptors (Lipinski definition) is 2. The van der Waals surface area contributed by atoms with Crippen molar-refractivity contribution in [3.63, 3.8) is 0 Å². The molecule has 0 amide bonds. The molecule has 2 N–H and O–H groups in total. The van der Waals surface area contributed by atoms with Gasteiger partial charge in [-0.15, -0.1) is 0 Å². The van der Waals surface area contributed by atoms with Gasteiger partial charge < -0.3 is 5.73 Å². The second-order valence-corrected chi connectivity index (χ2v) is 5.93. The molecule has 1 heterocycles. The minimum absolute atomic E-state index is 0.690. The molecular formula is C13H19BrN2. The molecule has 0 aliphatic carbocycles. The third kappa shape index (κ3) is 2.77. The van der Waals surface area contributed by atoms with E-state index in [1.54, 1.807) is 0 Å². The second kappa shape index (κ2) is 4.76. The summed E-state index contributed by atoms with van der Waals surface area (Å²) in [7, 11) is 0. The first kappa shape index (κ1) is 11.9. The summed E-state index contributed by atoms with van der Waals surface area (Å²) in [6.45, 7) is 6.85. The van der Waals surface area contributed by atoms with Gasteiger partial charge in [0.1, 0.15) is 0 Å². The first-order valence-corrected chi connectivity index (χ1v) is 6.63. The molecule has 2 nitrogen and oxygen atoms in total. The Kier molecular flexibility index (Phi) is 3.55. The minimum atomic E-state index is 0.690. The zero-order valence-corrected chi connectivity index (χ0v) is 11.5. The summed E-state index contributed by atoms with van der Waals surface area (Å²) in [5.41, 5.74) is 7.98. The van der Waals surface area contributed by atoms with E-state index in [4.69, 9.17) is 5.73 Å². The molecule has 16 heavy (non-hydrogen) atoms. The van der Waals surface area contributed by atoms with Crippen molar-refractivity contribution in [1.29, 1.82) is 0 Å². The molecule has 0 spiro atoms. The molecule has 0 radical (unpaired) electrons. The molecule has 2 unspecified atom stereocenters. The number of halogens is 1. The molecule has 3 heteroatoms. The van der Waals surface area contributed by atoms with E-state index in [-0.39, 0.29) is 0 Å². The normalized spacial score (nSPS) is 26.2. The second-order valence-electron chi connectivity index (χ2n) is 5.01. The smallest absolute Gasteiger partial charge is 0.0328 e. The van der Waals surface area contributed by atoms with Crippen LogP contribution in [0.4, 0.5) is 5.69 Å². The van der Waals surface area contributed by atoms with Crippen molar-refractivity contribution in [2.75, 3.05) is 12.3 Å². The van der Waals surface area contributed by atoms with Gasteiger partial charge in [-0.05, 0) is 43.0 Å². The summed E-state index contributed by atoms with van der Waals surface area (Å²) < 4.78 is 1.07. The van der Waals surface area contributed by atoms with Gasteiger partial charge in [-0.2, -0.15) is 0 Å². The van der Waals surface area contributed by atoms with Gasteiger partial charge in [0.25, 0.3) is 0 Å². The van der Waals surface area contributed by atoms with E-state index in [0.717, 1.165) is 22.6 Å². The Balaban J connectivity index is 2.09. The van der Waals surface area contributed by atoms with Crippen LogP contribution in [0.2, 0.25) is 0 Å². The Labute approximate surface area is 106 Å². The number of likely N-dealkylation sites (tertiary alicyclic amines) is 1. The lowest BCUT2D eigenvalue weighted by atomic mass is 10.1. The summed E-state index contributed by atoms with van der Waals surface area (Å²) in [6, 6.07) is 6.86. The molecule has 0 bridgehead atoms. The van der Waals surface area contributed by atoms with Crippen LogP contribution in [-0.2, 0) is 6.54 Å². The standard InChI is InChI=1S/C13H19BrN2/c1-9-3-10(2)16(7-9)8-11-4-12(14)6-13(15)5-11/h4-6,9-10H,3,7-8,15H2,1-2H3. The van der Waals surface area contributed by atoms with Gasteiger partial charge in [-0.25, -0.2) is 0 Å². The maximum Gasteiger partial charge on any atom is 0.0328 e. The van der Waals surface area contributed by atoms with Gasteiger partial charge >= 0.3 is 0 Å². The lowest BCUT2D eigenvalue weighted by Gasteiger charge is -2.21. The largest absolute Gasteiger partial charge is 0.399 e. The van der Waals surface area contributed by atoms with Crippen molar-refractivity contribution >= 4 is 21.6 Å². The van der Waals surface area contributed by atoms with E-state index in [1.807, 2.05) is 6.07 Å². The number of benzene rings is 1. The van der Waals surface area contributed by atoms with Crippen LogP contribution in [0.25, 0.3) is 0 Å². The average Bonchev–Trinajstić information content (AvgIpc) is 2.43. The highest BCUT2D eigenvalue weighted by atomic mass is 79.9. The van der Waals surface area contributed by atoms with Crippen LogP contribution < -0.4 is 5.73 Å². The molecule has 0 aromatic heterocycles. The number of rotatable bonds is 2. The highest BCUT2D eigenvalue weighted by molar-refractivity contribution is 9.10. The molecule has 1 saturated heterocycles. The number of nitrogen functional groups attached to an aromatic ring is 1. The highest BCUT2D eigenvalue weighted by Crippen LogP contribution is 2.26. The van der Waals surface area contributed by atoms with E-state index in [2.05, 4.69) is 46.8 Å². The Bertz CT molecular complexity index is 358. The van der Waals surface area contributed by atoms with Gasteiger partial charge in [0, 0.05) is 29.3 Å². The van der Waals surface area contributed by atoms with Crippen molar-refractivity contribution in [1.82, 2.24) is 4.90 Å². The molecule has 2 atom stereocenters. The van der Waals surface area contributed by atoms with Gasteiger partial charge in [0.15, 0.2) is 0 Å². The topological polar surface area (TPSA) is 29.3 Å². The zero-order valence-electron chi connectivity index (χ0n) is 9.91. The molecular weight excluding hydrogens is 264 g/mol. The van der Waals surface area contributed by atoms with Crippen molar-refractivity contribution in [3.05, 3.63) is 28.2 Å². The summed E-state index contributed by atoms with van der Waals surface area (Å²) in [5.74, 6) is 0.819. The molecule has 1 fully saturated rings. The van der Waals surface area contributed by atoms with E-state index in [9.17, 15) is 0 Å².